The Bertz CT molecular complexity index is 466. The van der Waals surface area contributed by atoms with Gasteiger partial charge in [0.25, 0.3) is 0 Å². The molecule has 1 unspecified atom stereocenters. The van der Waals surface area contributed by atoms with Crippen LogP contribution in [0.15, 0.2) is 35.8 Å². The fraction of sp³-hybridized carbons (Fsp3) is 0.500. The molecule has 1 rings (SSSR count). The number of sulfonamides is 1. The molecule has 1 fully saturated rings. The molecule has 1 aliphatic heterocycles. The van der Waals surface area contributed by atoms with Crippen LogP contribution in [0.3, 0.4) is 0 Å². The third kappa shape index (κ3) is 3.08. The summed E-state index contributed by atoms with van der Waals surface area (Å²) in [5, 5.41) is 18.9. The maximum atomic E-state index is 12.3. The zero-order chi connectivity index (χ0) is 13.8. The van der Waals surface area contributed by atoms with Gasteiger partial charge in [-0.15, -0.1) is 0 Å². The third-order valence-corrected chi connectivity index (χ3v) is 4.87. The van der Waals surface area contributed by atoms with Crippen LogP contribution in [-0.4, -0.2) is 48.2 Å². The van der Waals surface area contributed by atoms with Gasteiger partial charge in [-0.2, -0.15) is 4.31 Å². The normalized spacial score (nSPS) is 26.9. The molecule has 0 saturated carbocycles. The molecule has 18 heavy (non-hydrogen) atoms. The standard InChI is InChI=1S/C12H19NO4S/c1-3-5-6-11(4-2)18(16,17)13-8-7-12(15,9-13)10-14/h3-6,14-15H,1,7-10H2,2H3/b6-5-,11-4+. The van der Waals surface area contributed by atoms with Gasteiger partial charge in [0.1, 0.15) is 5.60 Å². The summed E-state index contributed by atoms with van der Waals surface area (Å²) >= 11 is 0. The molecule has 1 atom stereocenters. The Morgan fingerprint density at radius 3 is 2.67 bits per heavy atom. The number of rotatable bonds is 5. The zero-order valence-corrected chi connectivity index (χ0v) is 11.2. The summed E-state index contributed by atoms with van der Waals surface area (Å²) in [4.78, 5) is 0.157. The third-order valence-electron chi connectivity index (χ3n) is 2.91. The van der Waals surface area contributed by atoms with E-state index in [9.17, 15) is 13.5 Å². The molecule has 2 N–H and O–H groups in total. The molecule has 0 spiro atoms. The van der Waals surface area contributed by atoms with Gasteiger partial charge in [0.05, 0.1) is 11.5 Å². The highest BCUT2D eigenvalue weighted by atomic mass is 32.2. The van der Waals surface area contributed by atoms with Crippen molar-refractivity contribution >= 4 is 10.0 Å². The first kappa shape index (κ1) is 15.1. The van der Waals surface area contributed by atoms with Crippen LogP contribution in [0.25, 0.3) is 0 Å². The van der Waals surface area contributed by atoms with Crippen molar-refractivity contribution in [2.45, 2.75) is 18.9 Å². The molecule has 1 heterocycles. The second-order valence-corrected chi connectivity index (χ2v) is 6.19. The Balaban J connectivity index is 2.95. The Kier molecular flexibility index (Phi) is 4.86. The van der Waals surface area contributed by atoms with Crippen molar-refractivity contribution in [1.29, 1.82) is 0 Å². The Morgan fingerprint density at radius 2 is 2.22 bits per heavy atom. The monoisotopic (exact) mass is 273 g/mol. The molecule has 0 aromatic carbocycles. The second kappa shape index (κ2) is 5.79. The molecule has 0 radical (unpaired) electrons. The quantitative estimate of drug-likeness (QED) is 0.710. The van der Waals surface area contributed by atoms with E-state index in [0.29, 0.717) is 0 Å². The van der Waals surface area contributed by atoms with Crippen LogP contribution in [0.1, 0.15) is 13.3 Å². The zero-order valence-electron chi connectivity index (χ0n) is 10.4. The van der Waals surface area contributed by atoms with E-state index in [2.05, 4.69) is 6.58 Å². The molecule has 0 aromatic rings. The number of nitrogens with zero attached hydrogens (tertiary/aromatic N) is 1. The van der Waals surface area contributed by atoms with E-state index in [1.54, 1.807) is 13.0 Å². The lowest BCUT2D eigenvalue weighted by Gasteiger charge is -2.21. The van der Waals surface area contributed by atoms with Gasteiger partial charge in [-0.05, 0) is 19.4 Å². The van der Waals surface area contributed by atoms with Crippen LogP contribution in [0.2, 0.25) is 0 Å². The van der Waals surface area contributed by atoms with Crippen molar-refractivity contribution in [3.8, 4) is 0 Å². The molecule has 6 heteroatoms. The van der Waals surface area contributed by atoms with E-state index in [1.165, 1.54) is 22.5 Å². The van der Waals surface area contributed by atoms with E-state index >= 15 is 0 Å². The summed E-state index contributed by atoms with van der Waals surface area (Å²) in [6.45, 7) is 4.81. The molecule has 1 aliphatic rings. The molecule has 1 saturated heterocycles. The van der Waals surface area contributed by atoms with Gasteiger partial charge in [-0.1, -0.05) is 24.8 Å². The van der Waals surface area contributed by atoms with Gasteiger partial charge in [-0.3, -0.25) is 0 Å². The Hall–Kier alpha value is -0.950. The maximum absolute atomic E-state index is 12.3. The minimum Gasteiger partial charge on any atom is -0.393 e. The van der Waals surface area contributed by atoms with Crippen molar-refractivity contribution < 1.29 is 18.6 Å². The van der Waals surface area contributed by atoms with Gasteiger partial charge in [-0.25, -0.2) is 8.42 Å². The van der Waals surface area contributed by atoms with Crippen LogP contribution < -0.4 is 0 Å². The highest BCUT2D eigenvalue weighted by molar-refractivity contribution is 7.93. The van der Waals surface area contributed by atoms with E-state index in [-0.39, 0.29) is 24.4 Å². The lowest BCUT2D eigenvalue weighted by atomic mass is 10.1. The molecular weight excluding hydrogens is 254 g/mol. The van der Waals surface area contributed by atoms with Crippen molar-refractivity contribution in [2.75, 3.05) is 19.7 Å². The topological polar surface area (TPSA) is 77.8 Å². The molecule has 0 aromatic heterocycles. The first-order chi connectivity index (χ1) is 8.39. The highest BCUT2D eigenvalue weighted by Crippen LogP contribution is 2.26. The first-order valence-electron chi connectivity index (χ1n) is 5.68. The van der Waals surface area contributed by atoms with Gasteiger partial charge >= 0.3 is 0 Å². The van der Waals surface area contributed by atoms with E-state index < -0.39 is 22.2 Å². The fourth-order valence-electron chi connectivity index (χ4n) is 1.80. The maximum Gasteiger partial charge on any atom is 0.242 e. The van der Waals surface area contributed by atoms with Crippen LogP contribution in [0, 0.1) is 0 Å². The molecule has 102 valence electrons. The highest BCUT2D eigenvalue weighted by Gasteiger charge is 2.41. The summed E-state index contributed by atoms with van der Waals surface area (Å²) in [5.41, 5.74) is -1.33. The molecule has 5 nitrogen and oxygen atoms in total. The second-order valence-electron chi connectivity index (χ2n) is 4.26. The van der Waals surface area contributed by atoms with Crippen LogP contribution in [0.5, 0.6) is 0 Å². The molecular formula is C12H19NO4S. The molecule has 0 amide bonds. The average molecular weight is 273 g/mol. The van der Waals surface area contributed by atoms with Gasteiger partial charge < -0.3 is 10.2 Å². The summed E-state index contributed by atoms with van der Waals surface area (Å²) in [7, 11) is -3.62. The molecule has 0 bridgehead atoms. The number of aliphatic hydroxyl groups is 2. The van der Waals surface area contributed by atoms with Crippen molar-refractivity contribution in [2.24, 2.45) is 0 Å². The lowest BCUT2D eigenvalue weighted by molar-refractivity contribution is -0.000688. The molecule has 0 aliphatic carbocycles. The van der Waals surface area contributed by atoms with Gasteiger partial charge in [0, 0.05) is 13.1 Å². The summed E-state index contributed by atoms with van der Waals surface area (Å²) in [6, 6.07) is 0. The number of β-amino-alcohol motifs (C(OH)–C–C–N with tert-alkyl or cyclic N) is 1. The van der Waals surface area contributed by atoms with Crippen LogP contribution in [-0.2, 0) is 10.0 Å². The minimum absolute atomic E-state index is 0.0783. The largest absolute Gasteiger partial charge is 0.393 e. The number of aliphatic hydroxyl groups excluding tert-OH is 1. The fourth-order valence-corrected chi connectivity index (χ4v) is 3.38. The average Bonchev–Trinajstić information content (AvgIpc) is 2.74. The Morgan fingerprint density at radius 1 is 1.56 bits per heavy atom. The first-order valence-corrected chi connectivity index (χ1v) is 7.12. The van der Waals surface area contributed by atoms with Crippen molar-refractivity contribution in [3.05, 3.63) is 35.8 Å². The lowest BCUT2D eigenvalue weighted by Crippen LogP contribution is -2.39. The predicted octanol–water partition coefficient (Wildman–Crippen LogP) is 0.391. The smallest absolute Gasteiger partial charge is 0.242 e. The number of hydrogen-bond donors (Lipinski definition) is 2. The minimum atomic E-state index is -3.62. The SMILES string of the molecule is C=C/C=C\C(=C/C)S(=O)(=O)N1CCC(O)(CO)C1. The van der Waals surface area contributed by atoms with Gasteiger partial charge in [0.15, 0.2) is 0 Å². The summed E-state index contributed by atoms with van der Waals surface area (Å²) < 4.78 is 25.7. The van der Waals surface area contributed by atoms with Gasteiger partial charge in [0.2, 0.25) is 10.0 Å². The number of allylic oxidation sites excluding steroid dienone is 4. The van der Waals surface area contributed by atoms with E-state index in [1.807, 2.05) is 0 Å². The Labute approximate surface area is 108 Å². The predicted molar refractivity (Wildman–Crippen MR) is 70.2 cm³/mol. The van der Waals surface area contributed by atoms with Crippen molar-refractivity contribution in [1.82, 2.24) is 4.31 Å². The number of hydrogen-bond acceptors (Lipinski definition) is 4. The summed E-state index contributed by atoms with van der Waals surface area (Å²) in [6.07, 6.45) is 6.23. The van der Waals surface area contributed by atoms with E-state index in [0.717, 1.165) is 0 Å². The van der Waals surface area contributed by atoms with Crippen LogP contribution >= 0.6 is 0 Å². The van der Waals surface area contributed by atoms with Crippen LogP contribution in [0.4, 0.5) is 0 Å². The van der Waals surface area contributed by atoms with E-state index in [4.69, 9.17) is 5.11 Å². The van der Waals surface area contributed by atoms with Crippen molar-refractivity contribution in [3.63, 3.8) is 0 Å². The summed E-state index contributed by atoms with van der Waals surface area (Å²) in [5.74, 6) is 0.